The molecule has 12 heteroatoms. The van der Waals surface area contributed by atoms with Crippen molar-refractivity contribution >= 4 is 17.9 Å². The molecule has 1 atom stereocenters. The molecule has 2 N–H and O–H groups in total. The number of carbonyl (C=O) groups excluding carboxylic acids is 3. The highest BCUT2D eigenvalue weighted by atomic mass is 19.4. The number of amides is 3. The minimum atomic E-state index is -4.55. The Morgan fingerprint density at radius 1 is 1.09 bits per heavy atom. The third kappa shape index (κ3) is 6.81. The number of rotatable bonds is 6. The zero-order chi connectivity index (χ0) is 24.0. The van der Waals surface area contributed by atoms with Crippen LogP contribution < -0.4 is 10.6 Å². The molecule has 2 fully saturated rings. The maximum atomic E-state index is 12.8. The van der Waals surface area contributed by atoms with Crippen LogP contribution in [0.4, 0.5) is 18.0 Å². The number of hydrazine groups is 1. The van der Waals surface area contributed by atoms with E-state index in [4.69, 9.17) is 4.74 Å². The summed E-state index contributed by atoms with van der Waals surface area (Å²) in [6.07, 6.45) is -4.13. The van der Waals surface area contributed by atoms with Crippen molar-refractivity contribution in [1.29, 1.82) is 0 Å². The Balaban J connectivity index is 1.40. The highest BCUT2D eigenvalue weighted by Crippen LogP contribution is 2.29. The van der Waals surface area contributed by atoms with Crippen LogP contribution >= 0.6 is 0 Å². The molecule has 33 heavy (non-hydrogen) atoms. The molecule has 0 radical (unpaired) electrons. The summed E-state index contributed by atoms with van der Waals surface area (Å²) in [7, 11) is 0. The average molecular weight is 471 g/mol. The van der Waals surface area contributed by atoms with Gasteiger partial charge in [-0.3, -0.25) is 9.59 Å². The summed E-state index contributed by atoms with van der Waals surface area (Å²) in [5, 5.41) is 9.49. The van der Waals surface area contributed by atoms with Gasteiger partial charge in [0.2, 0.25) is 5.91 Å². The Bertz CT molecular complexity index is 859. The van der Waals surface area contributed by atoms with Crippen LogP contribution in [-0.4, -0.2) is 91.3 Å². The topological polar surface area (TPSA) is 94.2 Å². The van der Waals surface area contributed by atoms with Gasteiger partial charge in [0, 0.05) is 50.9 Å². The van der Waals surface area contributed by atoms with E-state index in [1.807, 2.05) is 0 Å². The number of carbonyl (C=O) groups is 3. The van der Waals surface area contributed by atoms with Crippen molar-refractivity contribution in [2.24, 2.45) is 0 Å². The first-order chi connectivity index (χ1) is 15.7. The van der Waals surface area contributed by atoms with E-state index in [2.05, 4.69) is 20.7 Å². The van der Waals surface area contributed by atoms with Crippen LogP contribution in [0.1, 0.15) is 29.3 Å². The summed E-state index contributed by atoms with van der Waals surface area (Å²) < 4.78 is 43.4. The van der Waals surface area contributed by atoms with Gasteiger partial charge in [0.05, 0.1) is 18.7 Å². The molecule has 9 nitrogen and oxygen atoms in total. The number of nitrogens with zero attached hydrogens (tertiary/aromatic N) is 3. The third-order valence-corrected chi connectivity index (χ3v) is 5.58. The molecular weight excluding hydrogens is 443 g/mol. The molecule has 2 aliphatic heterocycles. The van der Waals surface area contributed by atoms with Crippen LogP contribution in [0.25, 0.3) is 0 Å². The van der Waals surface area contributed by atoms with Crippen LogP contribution in [0, 0.1) is 0 Å². The van der Waals surface area contributed by atoms with Crippen LogP contribution in [0.5, 0.6) is 0 Å². The Morgan fingerprint density at radius 3 is 2.48 bits per heavy atom. The summed E-state index contributed by atoms with van der Waals surface area (Å²) in [4.78, 5) is 37.8. The number of hydrogen-bond acceptors (Lipinski definition) is 6. The number of hydrogen-bond donors (Lipinski definition) is 2. The van der Waals surface area contributed by atoms with Gasteiger partial charge in [-0.05, 0) is 31.5 Å². The maximum absolute atomic E-state index is 12.8. The van der Waals surface area contributed by atoms with Gasteiger partial charge < -0.3 is 20.3 Å². The van der Waals surface area contributed by atoms with Crippen molar-refractivity contribution in [3.63, 3.8) is 0 Å². The number of benzene rings is 1. The lowest BCUT2D eigenvalue weighted by Gasteiger charge is -2.39. The van der Waals surface area contributed by atoms with E-state index in [1.165, 1.54) is 6.07 Å². The lowest BCUT2D eigenvalue weighted by atomic mass is 10.1. The lowest BCUT2D eigenvalue weighted by molar-refractivity contribution is -0.137. The van der Waals surface area contributed by atoms with Gasteiger partial charge >= 0.3 is 12.3 Å². The van der Waals surface area contributed by atoms with Crippen LogP contribution in [-0.2, 0) is 15.7 Å². The fraction of sp³-hybridized carbons (Fsp3) is 0.571. The predicted octanol–water partition coefficient (Wildman–Crippen LogP) is 1.31. The summed E-state index contributed by atoms with van der Waals surface area (Å²) in [6.45, 7) is 5.61. The lowest BCUT2D eigenvalue weighted by Crippen LogP contribution is -2.55. The van der Waals surface area contributed by atoms with Gasteiger partial charge in [0.1, 0.15) is 0 Å². The fourth-order valence-electron chi connectivity index (χ4n) is 3.87. The van der Waals surface area contributed by atoms with Crippen LogP contribution in [0.15, 0.2) is 24.3 Å². The summed E-state index contributed by atoms with van der Waals surface area (Å²) >= 11 is 0. The van der Waals surface area contributed by atoms with Gasteiger partial charge in [-0.2, -0.15) is 13.2 Å². The highest BCUT2D eigenvalue weighted by molar-refractivity contribution is 5.96. The Kier molecular flexibility index (Phi) is 8.14. The van der Waals surface area contributed by atoms with Crippen molar-refractivity contribution in [3.8, 4) is 0 Å². The monoisotopic (exact) mass is 471 g/mol. The third-order valence-electron chi connectivity index (χ3n) is 5.58. The van der Waals surface area contributed by atoms with E-state index in [0.717, 1.165) is 31.2 Å². The first-order valence-corrected chi connectivity index (χ1v) is 10.8. The molecule has 0 bridgehead atoms. The van der Waals surface area contributed by atoms with Crippen molar-refractivity contribution in [3.05, 3.63) is 35.4 Å². The molecule has 3 rings (SSSR count). The van der Waals surface area contributed by atoms with Crippen molar-refractivity contribution in [2.45, 2.75) is 25.6 Å². The van der Waals surface area contributed by atoms with E-state index < -0.39 is 23.6 Å². The standard InChI is InChI=1S/C21H28F3N5O4/c1-2-33-20(32)27-8-10-28(11-9-27)29-7-6-17(14-29)26-18(30)13-25-19(31)15-4-3-5-16(12-15)21(22,23)24/h3-5,12,17H,2,6-11,13-14H2,1H3,(H,25,31)(H,26,30)/t17-/m1/s1. The highest BCUT2D eigenvalue weighted by Gasteiger charge is 2.32. The molecular formula is C21H28F3N5O4. The van der Waals surface area contributed by atoms with Crippen molar-refractivity contribution in [1.82, 2.24) is 25.6 Å². The zero-order valence-corrected chi connectivity index (χ0v) is 18.4. The molecule has 0 aliphatic carbocycles. The molecule has 2 saturated heterocycles. The van der Waals surface area contributed by atoms with Crippen LogP contribution in [0.3, 0.4) is 0 Å². The minimum Gasteiger partial charge on any atom is -0.450 e. The van der Waals surface area contributed by atoms with Gasteiger partial charge in [0.25, 0.3) is 5.91 Å². The largest absolute Gasteiger partial charge is 0.450 e. The first kappa shape index (κ1) is 24.8. The second kappa shape index (κ2) is 10.8. The molecule has 0 aromatic heterocycles. The smallest absolute Gasteiger partial charge is 0.416 e. The van der Waals surface area contributed by atoms with E-state index in [-0.39, 0.29) is 24.2 Å². The second-order valence-corrected chi connectivity index (χ2v) is 7.87. The molecule has 1 aromatic rings. The molecule has 2 aliphatic rings. The zero-order valence-electron chi connectivity index (χ0n) is 18.4. The normalized spacial score (nSPS) is 19.9. The summed E-state index contributed by atoms with van der Waals surface area (Å²) in [5.41, 5.74) is -1.08. The Morgan fingerprint density at radius 2 is 1.82 bits per heavy atom. The number of ether oxygens (including phenoxy) is 1. The summed E-state index contributed by atoms with van der Waals surface area (Å²) in [5.74, 6) is -1.15. The fourth-order valence-corrected chi connectivity index (χ4v) is 3.87. The van der Waals surface area contributed by atoms with E-state index in [0.29, 0.717) is 39.3 Å². The Labute approximate surface area is 189 Å². The number of alkyl halides is 3. The molecule has 2 heterocycles. The number of halogens is 3. The van der Waals surface area contributed by atoms with Crippen LogP contribution in [0.2, 0.25) is 0 Å². The van der Waals surface area contributed by atoms with Crippen molar-refractivity contribution in [2.75, 3.05) is 52.4 Å². The molecule has 1 aromatic carbocycles. The summed E-state index contributed by atoms with van der Waals surface area (Å²) in [6, 6.07) is 3.94. The predicted molar refractivity (Wildman–Crippen MR) is 112 cm³/mol. The van der Waals surface area contributed by atoms with E-state index >= 15 is 0 Å². The number of piperazine rings is 1. The first-order valence-electron chi connectivity index (χ1n) is 10.8. The van der Waals surface area contributed by atoms with Gasteiger partial charge in [-0.15, -0.1) is 0 Å². The maximum Gasteiger partial charge on any atom is 0.416 e. The molecule has 0 spiro atoms. The average Bonchev–Trinajstić information content (AvgIpc) is 3.25. The molecule has 3 amide bonds. The van der Waals surface area contributed by atoms with Crippen molar-refractivity contribution < 1.29 is 32.3 Å². The van der Waals surface area contributed by atoms with Gasteiger partial charge in [0.15, 0.2) is 0 Å². The molecule has 0 unspecified atom stereocenters. The van der Waals surface area contributed by atoms with E-state index in [9.17, 15) is 27.6 Å². The molecule has 0 saturated carbocycles. The SMILES string of the molecule is CCOC(=O)N1CCN(N2CC[C@@H](NC(=O)CNC(=O)c3cccc(C(F)(F)F)c3)C2)CC1. The Hall–Kier alpha value is -2.86. The quantitative estimate of drug-likeness (QED) is 0.650. The number of nitrogens with one attached hydrogen (secondary N) is 2. The van der Waals surface area contributed by atoms with Gasteiger partial charge in [-0.1, -0.05) is 6.07 Å². The second-order valence-electron chi connectivity index (χ2n) is 7.87. The minimum absolute atomic E-state index is 0.106. The van der Waals surface area contributed by atoms with Gasteiger partial charge in [-0.25, -0.2) is 14.8 Å². The molecule has 182 valence electrons. The van der Waals surface area contributed by atoms with E-state index in [1.54, 1.807) is 11.8 Å².